The fourth-order valence-electron chi connectivity index (χ4n) is 1.61. The predicted molar refractivity (Wildman–Crippen MR) is 42.7 cm³/mol. The molecule has 0 spiro atoms. The van der Waals surface area contributed by atoms with Crippen LogP contribution in [0, 0.1) is 11.3 Å². The normalized spacial score (nSPS) is 30.5. The summed E-state index contributed by atoms with van der Waals surface area (Å²) < 4.78 is 0. The quantitative estimate of drug-likeness (QED) is 0.552. The fourth-order valence-corrected chi connectivity index (χ4v) is 1.61. The van der Waals surface area contributed by atoms with Crippen LogP contribution in [-0.2, 0) is 0 Å². The zero-order valence-electron chi connectivity index (χ0n) is 6.80. The Bertz CT molecular complexity index is 136. The molecule has 0 saturated carbocycles. The van der Waals surface area contributed by atoms with Crippen molar-refractivity contribution >= 4 is 0 Å². The summed E-state index contributed by atoms with van der Waals surface area (Å²) in [4.78, 5) is 0. The van der Waals surface area contributed by atoms with E-state index in [4.69, 9.17) is 5.11 Å². The largest absolute Gasteiger partial charge is 0.396 e. The molecule has 0 bridgehead atoms. The third kappa shape index (κ3) is 1.84. The lowest BCUT2D eigenvalue weighted by Gasteiger charge is -2.29. The van der Waals surface area contributed by atoms with Crippen LogP contribution in [0.4, 0.5) is 0 Å². The van der Waals surface area contributed by atoms with E-state index in [0.717, 1.165) is 12.8 Å². The zero-order valence-corrected chi connectivity index (χ0v) is 6.80. The molecular weight excluding hydrogens is 124 g/mol. The number of aliphatic hydroxyl groups is 1. The molecule has 0 radical (unpaired) electrons. The summed E-state index contributed by atoms with van der Waals surface area (Å²) in [5.74, 6) is 0.500. The molecular formula is C9H16O. The highest BCUT2D eigenvalue weighted by molar-refractivity contribution is 5.01. The van der Waals surface area contributed by atoms with Crippen LogP contribution in [0.2, 0.25) is 0 Å². The predicted octanol–water partition coefficient (Wildman–Crippen LogP) is 1.97. The topological polar surface area (TPSA) is 20.2 Å². The van der Waals surface area contributed by atoms with Crippen LogP contribution in [-0.4, -0.2) is 11.7 Å². The number of hydrogen-bond acceptors (Lipinski definition) is 1. The lowest BCUT2D eigenvalue weighted by molar-refractivity contribution is 0.183. The van der Waals surface area contributed by atoms with Crippen LogP contribution in [0.3, 0.4) is 0 Å². The molecule has 10 heavy (non-hydrogen) atoms. The molecule has 58 valence electrons. The van der Waals surface area contributed by atoms with Gasteiger partial charge in [0.2, 0.25) is 0 Å². The summed E-state index contributed by atoms with van der Waals surface area (Å²) in [5.41, 5.74) is 0.311. The van der Waals surface area contributed by atoms with Gasteiger partial charge in [0.1, 0.15) is 0 Å². The SMILES string of the molecule is CC1(C)C=CCC(CO)C1. The van der Waals surface area contributed by atoms with Crippen LogP contribution in [0.25, 0.3) is 0 Å². The first-order valence-corrected chi connectivity index (χ1v) is 3.92. The molecule has 1 nitrogen and oxygen atoms in total. The number of allylic oxidation sites excluding steroid dienone is 2. The van der Waals surface area contributed by atoms with Crippen LogP contribution >= 0.6 is 0 Å². The molecule has 0 amide bonds. The summed E-state index contributed by atoms with van der Waals surface area (Å²) in [6, 6.07) is 0. The van der Waals surface area contributed by atoms with Crippen molar-refractivity contribution in [3.63, 3.8) is 0 Å². The molecule has 1 aliphatic rings. The third-order valence-corrected chi connectivity index (χ3v) is 2.11. The van der Waals surface area contributed by atoms with Gasteiger partial charge in [-0.05, 0) is 24.2 Å². The summed E-state index contributed by atoms with van der Waals surface area (Å²) in [7, 11) is 0. The van der Waals surface area contributed by atoms with E-state index in [2.05, 4.69) is 26.0 Å². The smallest absolute Gasteiger partial charge is 0.0462 e. The van der Waals surface area contributed by atoms with Crippen LogP contribution in [0.15, 0.2) is 12.2 Å². The van der Waals surface area contributed by atoms with Crippen LogP contribution in [0.5, 0.6) is 0 Å². The van der Waals surface area contributed by atoms with Gasteiger partial charge in [-0.3, -0.25) is 0 Å². The fraction of sp³-hybridized carbons (Fsp3) is 0.778. The molecule has 0 aromatic heterocycles. The molecule has 0 aromatic rings. The molecule has 0 saturated heterocycles. The highest BCUT2D eigenvalue weighted by atomic mass is 16.3. The molecule has 1 atom stereocenters. The van der Waals surface area contributed by atoms with Gasteiger partial charge in [0.25, 0.3) is 0 Å². The monoisotopic (exact) mass is 140 g/mol. The minimum Gasteiger partial charge on any atom is -0.396 e. The Hall–Kier alpha value is -0.300. The van der Waals surface area contributed by atoms with Gasteiger partial charge in [-0.2, -0.15) is 0 Å². The van der Waals surface area contributed by atoms with Gasteiger partial charge in [0.15, 0.2) is 0 Å². The summed E-state index contributed by atoms with van der Waals surface area (Å²) in [6.07, 6.45) is 6.61. The van der Waals surface area contributed by atoms with E-state index in [0.29, 0.717) is 17.9 Å². The maximum Gasteiger partial charge on any atom is 0.0462 e. The minimum absolute atomic E-state index is 0.311. The van der Waals surface area contributed by atoms with E-state index in [1.54, 1.807) is 0 Å². The molecule has 0 heterocycles. The summed E-state index contributed by atoms with van der Waals surface area (Å²) in [5, 5.41) is 8.89. The second-order valence-corrected chi connectivity index (χ2v) is 3.88. The minimum atomic E-state index is 0.311. The van der Waals surface area contributed by atoms with Crippen LogP contribution in [0.1, 0.15) is 26.7 Å². The van der Waals surface area contributed by atoms with Gasteiger partial charge < -0.3 is 5.11 Å². The third-order valence-electron chi connectivity index (χ3n) is 2.11. The van der Waals surface area contributed by atoms with E-state index >= 15 is 0 Å². The first-order chi connectivity index (χ1) is 4.64. The summed E-state index contributed by atoms with van der Waals surface area (Å²) >= 11 is 0. The first-order valence-electron chi connectivity index (χ1n) is 3.92. The Morgan fingerprint density at radius 1 is 1.60 bits per heavy atom. The standard InChI is InChI=1S/C9H16O/c1-9(2)5-3-4-8(6-9)7-10/h3,5,8,10H,4,6-7H2,1-2H3. The maximum atomic E-state index is 8.89. The summed E-state index contributed by atoms with van der Waals surface area (Å²) in [6.45, 7) is 4.77. The van der Waals surface area contributed by atoms with Crippen molar-refractivity contribution in [2.24, 2.45) is 11.3 Å². The Morgan fingerprint density at radius 2 is 2.30 bits per heavy atom. The maximum absolute atomic E-state index is 8.89. The Labute approximate surface area is 62.8 Å². The van der Waals surface area contributed by atoms with E-state index < -0.39 is 0 Å². The zero-order chi connectivity index (χ0) is 7.61. The van der Waals surface area contributed by atoms with Crippen molar-refractivity contribution in [2.45, 2.75) is 26.7 Å². The molecule has 1 N–H and O–H groups in total. The van der Waals surface area contributed by atoms with Crippen molar-refractivity contribution in [2.75, 3.05) is 6.61 Å². The average Bonchev–Trinajstić information content (AvgIpc) is 1.86. The number of hydrogen-bond donors (Lipinski definition) is 1. The molecule has 1 aliphatic carbocycles. The van der Waals surface area contributed by atoms with E-state index in [1.165, 1.54) is 0 Å². The molecule has 1 rings (SSSR count). The van der Waals surface area contributed by atoms with Crippen molar-refractivity contribution in [3.05, 3.63) is 12.2 Å². The number of rotatable bonds is 1. The van der Waals surface area contributed by atoms with E-state index in [-0.39, 0.29) is 0 Å². The van der Waals surface area contributed by atoms with Crippen molar-refractivity contribution < 1.29 is 5.11 Å². The van der Waals surface area contributed by atoms with Gasteiger partial charge in [-0.25, -0.2) is 0 Å². The van der Waals surface area contributed by atoms with Gasteiger partial charge in [0.05, 0.1) is 0 Å². The Kier molecular flexibility index (Phi) is 2.14. The first kappa shape index (κ1) is 7.80. The van der Waals surface area contributed by atoms with Gasteiger partial charge in [-0.15, -0.1) is 0 Å². The second-order valence-electron chi connectivity index (χ2n) is 3.88. The second kappa shape index (κ2) is 2.75. The molecule has 0 aromatic carbocycles. The Balaban J connectivity index is 2.54. The molecule has 1 heteroatoms. The van der Waals surface area contributed by atoms with E-state index in [1.807, 2.05) is 0 Å². The van der Waals surface area contributed by atoms with Gasteiger partial charge in [-0.1, -0.05) is 26.0 Å². The van der Waals surface area contributed by atoms with Crippen molar-refractivity contribution in [1.82, 2.24) is 0 Å². The van der Waals surface area contributed by atoms with Crippen molar-refractivity contribution in [1.29, 1.82) is 0 Å². The molecule has 0 aliphatic heterocycles. The molecule has 1 unspecified atom stereocenters. The number of aliphatic hydroxyl groups excluding tert-OH is 1. The van der Waals surface area contributed by atoms with Gasteiger partial charge >= 0.3 is 0 Å². The average molecular weight is 140 g/mol. The lowest BCUT2D eigenvalue weighted by Crippen LogP contribution is -2.20. The highest BCUT2D eigenvalue weighted by Gasteiger charge is 2.22. The van der Waals surface area contributed by atoms with Crippen molar-refractivity contribution in [3.8, 4) is 0 Å². The van der Waals surface area contributed by atoms with E-state index in [9.17, 15) is 0 Å². The highest BCUT2D eigenvalue weighted by Crippen LogP contribution is 2.32. The van der Waals surface area contributed by atoms with Crippen LogP contribution < -0.4 is 0 Å². The molecule has 0 fully saturated rings. The lowest BCUT2D eigenvalue weighted by atomic mass is 9.77. The Morgan fingerprint density at radius 3 is 2.70 bits per heavy atom. The van der Waals surface area contributed by atoms with Gasteiger partial charge in [0, 0.05) is 6.61 Å².